The maximum atomic E-state index is 11.9. The van der Waals surface area contributed by atoms with E-state index in [0.717, 1.165) is 11.3 Å². The lowest BCUT2D eigenvalue weighted by Gasteiger charge is -2.18. The molecule has 0 saturated carbocycles. The lowest BCUT2D eigenvalue weighted by atomic mass is 10.1. The number of nitrogens with one attached hydrogen (secondary N) is 1. The smallest absolute Gasteiger partial charge is 0.221 e. The summed E-state index contributed by atoms with van der Waals surface area (Å²) in [5.41, 5.74) is 2.09. The van der Waals surface area contributed by atoms with Crippen molar-refractivity contribution in [1.82, 2.24) is 5.32 Å². The fourth-order valence-electron chi connectivity index (χ4n) is 2.23. The van der Waals surface area contributed by atoms with Gasteiger partial charge in [0, 0.05) is 42.3 Å². The number of anilines is 1. The van der Waals surface area contributed by atoms with E-state index in [2.05, 4.69) is 10.2 Å². The number of hydrogen-bond donors (Lipinski definition) is 1. The second-order valence-electron chi connectivity index (χ2n) is 5.34. The van der Waals surface area contributed by atoms with Gasteiger partial charge in [0.05, 0.1) is 0 Å². The summed E-state index contributed by atoms with van der Waals surface area (Å²) in [5, 5.41) is 4.17. The number of amides is 1. The number of hydrogen-bond acceptors (Lipinski definition) is 2. The van der Waals surface area contributed by atoms with Gasteiger partial charge in [-0.05, 0) is 36.2 Å². The monoisotopic (exact) mass is 350 g/mol. The molecule has 0 spiro atoms. The van der Waals surface area contributed by atoms with Crippen LogP contribution in [0.2, 0.25) is 10.0 Å². The number of carbonyl (C=O) groups is 1. The van der Waals surface area contributed by atoms with Crippen molar-refractivity contribution in [3.8, 4) is 0 Å². The van der Waals surface area contributed by atoms with Crippen molar-refractivity contribution in [2.75, 3.05) is 25.0 Å². The number of nitrogens with zero attached hydrogens (tertiary/aromatic N) is 1. The van der Waals surface area contributed by atoms with E-state index in [-0.39, 0.29) is 5.91 Å². The number of rotatable bonds is 7. The van der Waals surface area contributed by atoms with Crippen molar-refractivity contribution in [3.05, 3.63) is 64.1 Å². The number of halogens is 2. The number of para-hydroxylation sites is 1. The van der Waals surface area contributed by atoms with Crippen LogP contribution in [0.25, 0.3) is 0 Å². The Morgan fingerprint density at radius 3 is 2.57 bits per heavy atom. The van der Waals surface area contributed by atoms with E-state index < -0.39 is 0 Å². The van der Waals surface area contributed by atoms with Crippen molar-refractivity contribution in [1.29, 1.82) is 0 Å². The van der Waals surface area contributed by atoms with Gasteiger partial charge in [0.15, 0.2) is 0 Å². The zero-order valence-electron chi connectivity index (χ0n) is 13.1. The van der Waals surface area contributed by atoms with Crippen molar-refractivity contribution >= 4 is 34.8 Å². The van der Waals surface area contributed by atoms with Gasteiger partial charge >= 0.3 is 0 Å². The van der Waals surface area contributed by atoms with Crippen LogP contribution in [0.4, 0.5) is 5.69 Å². The van der Waals surface area contributed by atoms with Crippen molar-refractivity contribution in [3.63, 3.8) is 0 Å². The number of carbonyl (C=O) groups excluding carboxylic acids is 1. The summed E-state index contributed by atoms with van der Waals surface area (Å²) in [6.07, 6.45) is 1.15. The fraction of sp³-hybridized carbons (Fsp3) is 0.278. The topological polar surface area (TPSA) is 32.3 Å². The zero-order valence-corrected chi connectivity index (χ0v) is 14.6. The normalized spacial score (nSPS) is 10.4. The van der Waals surface area contributed by atoms with Crippen LogP contribution >= 0.6 is 23.2 Å². The molecule has 122 valence electrons. The minimum Gasteiger partial charge on any atom is -0.374 e. The Morgan fingerprint density at radius 2 is 1.87 bits per heavy atom. The van der Waals surface area contributed by atoms with E-state index in [1.54, 1.807) is 12.1 Å². The summed E-state index contributed by atoms with van der Waals surface area (Å²) in [4.78, 5) is 14.0. The van der Waals surface area contributed by atoms with E-state index >= 15 is 0 Å². The first-order valence-corrected chi connectivity index (χ1v) is 8.28. The third-order valence-corrected chi connectivity index (χ3v) is 4.19. The van der Waals surface area contributed by atoms with Crippen LogP contribution in [-0.4, -0.2) is 26.0 Å². The molecule has 1 N–H and O–H groups in total. The lowest BCUT2D eigenvalue weighted by molar-refractivity contribution is -0.120. The summed E-state index contributed by atoms with van der Waals surface area (Å²) in [7, 11) is 1.98. The molecule has 0 heterocycles. The van der Waals surface area contributed by atoms with Gasteiger partial charge in [0.25, 0.3) is 0 Å². The quantitative estimate of drug-likeness (QED) is 0.812. The maximum Gasteiger partial charge on any atom is 0.221 e. The van der Waals surface area contributed by atoms with Crippen molar-refractivity contribution < 1.29 is 4.79 Å². The highest BCUT2D eigenvalue weighted by Gasteiger charge is 2.06. The van der Waals surface area contributed by atoms with Crippen molar-refractivity contribution in [2.45, 2.75) is 12.8 Å². The zero-order chi connectivity index (χ0) is 16.7. The molecule has 0 bridgehead atoms. The van der Waals surface area contributed by atoms with Crippen LogP contribution < -0.4 is 10.2 Å². The predicted octanol–water partition coefficient (Wildman–Crippen LogP) is 4.18. The molecule has 0 unspecified atom stereocenters. The van der Waals surface area contributed by atoms with E-state index in [1.165, 1.54) is 0 Å². The average molecular weight is 351 g/mol. The van der Waals surface area contributed by atoms with E-state index in [0.29, 0.717) is 36.0 Å². The van der Waals surface area contributed by atoms with Crippen LogP contribution in [0, 0.1) is 0 Å². The Labute approximate surface area is 147 Å². The standard InChI is InChI=1S/C18H20Cl2N2O/c1-22(16-5-3-2-4-6-16)12-10-18(23)21-11-9-14-7-8-15(19)13-17(14)20/h2-8,13H,9-12H2,1H3,(H,21,23). The molecule has 0 saturated heterocycles. The van der Waals surface area contributed by atoms with E-state index in [4.69, 9.17) is 23.2 Å². The van der Waals surface area contributed by atoms with Gasteiger partial charge in [-0.2, -0.15) is 0 Å². The Balaban J connectivity index is 1.71. The molecule has 0 atom stereocenters. The third kappa shape index (κ3) is 5.77. The molecule has 0 aliphatic carbocycles. The SMILES string of the molecule is CN(CCC(=O)NCCc1ccc(Cl)cc1Cl)c1ccccc1. The average Bonchev–Trinajstić information content (AvgIpc) is 2.55. The molecule has 23 heavy (non-hydrogen) atoms. The highest BCUT2D eigenvalue weighted by molar-refractivity contribution is 6.35. The van der Waals surface area contributed by atoms with Crippen LogP contribution in [-0.2, 0) is 11.2 Å². The molecule has 0 radical (unpaired) electrons. The van der Waals surface area contributed by atoms with Gasteiger partial charge in [-0.1, -0.05) is 47.5 Å². The Morgan fingerprint density at radius 1 is 1.13 bits per heavy atom. The molecule has 0 fully saturated rings. The Hall–Kier alpha value is -1.71. The predicted molar refractivity (Wildman–Crippen MR) is 97.5 cm³/mol. The molecule has 1 amide bonds. The van der Waals surface area contributed by atoms with Gasteiger partial charge in [0.2, 0.25) is 5.91 Å². The van der Waals surface area contributed by atoms with E-state index in [9.17, 15) is 4.79 Å². The molecule has 2 aromatic carbocycles. The van der Waals surface area contributed by atoms with Crippen LogP contribution in [0.1, 0.15) is 12.0 Å². The summed E-state index contributed by atoms with van der Waals surface area (Å²) in [6.45, 7) is 1.24. The first-order valence-electron chi connectivity index (χ1n) is 7.53. The van der Waals surface area contributed by atoms with Crippen LogP contribution in [0.5, 0.6) is 0 Å². The summed E-state index contributed by atoms with van der Waals surface area (Å²) in [5.74, 6) is 0.0397. The van der Waals surface area contributed by atoms with Crippen molar-refractivity contribution in [2.24, 2.45) is 0 Å². The van der Waals surface area contributed by atoms with Gasteiger partial charge in [-0.3, -0.25) is 4.79 Å². The third-order valence-electron chi connectivity index (χ3n) is 3.60. The second-order valence-corrected chi connectivity index (χ2v) is 6.19. The Kier molecular flexibility index (Phi) is 6.75. The minimum absolute atomic E-state index is 0.0397. The fourth-order valence-corrected chi connectivity index (χ4v) is 2.73. The second kappa shape index (κ2) is 8.80. The molecule has 0 aromatic heterocycles. The van der Waals surface area contributed by atoms with Gasteiger partial charge in [-0.15, -0.1) is 0 Å². The molecule has 0 aliphatic rings. The maximum absolute atomic E-state index is 11.9. The molecule has 2 rings (SSSR count). The molecule has 3 nitrogen and oxygen atoms in total. The molecule has 0 aliphatic heterocycles. The molecule has 5 heteroatoms. The van der Waals surface area contributed by atoms with Gasteiger partial charge in [0.1, 0.15) is 0 Å². The Bertz CT molecular complexity index is 647. The lowest BCUT2D eigenvalue weighted by Crippen LogP contribution is -2.30. The van der Waals surface area contributed by atoms with Crippen LogP contribution in [0.15, 0.2) is 48.5 Å². The van der Waals surface area contributed by atoms with Crippen LogP contribution in [0.3, 0.4) is 0 Å². The molecular formula is C18H20Cl2N2O. The molecule has 2 aromatic rings. The molecular weight excluding hydrogens is 331 g/mol. The summed E-state index contributed by atoms with van der Waals surface area (Å²) in [6, 6.07) is 15.4. The first kappa shape index (κ1) is 17.6. The van der Waals surface area contributed by atoms with Gasteiger partial charge < -0.3 is 10.2 Å². The number of benzene rings is 2. The highest BCUT2D eigenvalue weighted by atomic mass is 35.5. The first-order chi connectivity index (χ1) is 11.1. The summed E-state index contributed by atoms with van der Waals surface area (Å²) < 4.78 is 0. The largest absolute Gasteiger partial charge is 0.374 e. The minimum atomic E-state index is 0.0397. The summed E-state index contributed by atoms with van der Waals surface area (Å²) >= 11 is 12.0. The highest BCUT2D eigenvalue weighted by Crippen LogP contribution is 2.21. The van der Waals surface area contributed by atoms with E-state index in [1.807, 2.05) is 43.4 Å². The van der Waals surface area contributed by atoms with Gasteiger partial charge in [-0.25, -0.2) is 0 Å².